The lowest BCUT2D eigenvalue weighted by Crippen LogP contribution is -2.42. The lowest BCUT2D eigenvalue weighted by Gasteiger charge is -2.31. The van der Waals surface area contributed by atoms with Gasteiger partial charge in [0.1, 0.15) is 0 Å². The van der Waals surface area contributed by atoms with E-state index < -0.39 is 12.0 Å². The van der Waals surface area contributed by atoms with E-state index in [1.54, 1.807) is 6.08 Å². The Labute approximate surface area is 176 Å². The molecule has 0 bridgehead atoms. The van der Waals surface area contributed by atoms with Gasteiger partial charge >= 0.3 is 0 Å². The minimum Gasteiger partial charge on any atom is -0.388 e. The summed E-state index contributed by atoms with van der Waals surface area (Å²) in [6.07, 6.45) is 3.91. The summed E-state index contributed by atoms with van der Waals surface area (Å²) in [4.78, 5) is 15.4. The van der Waals surface area contributed by atoms with Gasteiger partial charge in [0.2, 0.25) is 5.91 Å². The van der Waals surface area contributed by atoms with Gasteiger partial charge in [-0.15, -0.1) is 0 Å². The third-order valence-corrected chi connectivity index (χ3v) is 5.06. The summed E-state index contributed by atoms with van der Waals surface area (Å²) in [7, 11) is 0. The molecule has 3 nitrogen and oxygen atoms in total. The van der Waals surface area contributed by atoms with Crippen molar-refractivity contribution in [1.82, 2.24) is 4.90 Å². The zero-order chi connectivity index (χ0) is 21.2. The zero-order valence-electron chi connectivity index (χ0n) is 18.2. The van der Waals surface area contributed by atoms with Crippen LogP contribution in [-0.2, 0) is 17.9 Å². The summed E-state index contributed by atoms with van der Waals surface area (Å²) in [5, 5.41) is 10.8. The Morgan fingerprint density at radius 1 is 0.897 bits per heavy atom. The molecule has 3 heteroatoms. The number of hydrogen-bond donors (Lipinski definition) is 1. The maximum absolute atomic E-state index is 13.6. The van der Waals surface area contributed by atoms with Gasteiger partial charge in [0, 0.05) is 13.1 Å². The fourth-order valence-corrected chi connectivity index (χ4v) is 3.47. The normalized spacial score (nSPS) is 13.8. The molecule has 2 atom stereocenters. The van der Waals surface area contributed by atoms with Gasteiger partial charge in [-0.25, -0.2) is 0 Å². The first-order valence-electron chi connectivity index (χ1n) is 10.6. The molecule has 2 aromatic rings. The summed E-state index contributed by atoms with van der Waals surface area (Å²) < 4.78 is 0. The number of aliphatic hydroxyl groups is 1. The number of amides is 1. The topological polar surface area (TPSA) is 40.5 Å². The Morgan fingerprint density at radius 2 is 1.38 bits per heavy atom. The van der Waals surface area contributed by atoms with Gasteiger partial charge < -0.3 is 10.0 Å². The van der Waals surface area contributed by atoms with Crippen LogP contribution in [0.5, 0.6) is 0 Å². The third kappa shape index (κ3) is 7.51. The maximum Gasteiger partial charge on any atom is 0.229 e. The van der Waals surface area contributed by atoms with Crippen molar-refractivity contribution in [2.24, 2.45) is 17.8 Å². The quantitative estimate of drug-likeness (QED) is 0.545. The Hall–Kier alpha value is -2.39. The highest BCUT2D eigenvalue weighted by atomic mass is 16.3. The van der Waals surface area contributed by atoms with E-state index in [1.807, 2.05) is 85.5 Å². The summed E-state index contributed by atoms with van der Waals surface area (Å²) in [6, 6.07) is 20.1. The van der Waals surface area contributed by atoms with Crippen LogP contribution in [0.3, 0.4) is 0 Å². The largest absolute Gasteiger partial charge is 0.388 e. The molecule has 0 aromatic heterocycles. The standard InChI is InChI=1S/C26H35NO2/c1-20(2)12-11-17-24(28)25(21(3)4)26(29)27(18-22-13-7-5-8-14-22)19-23-15-9-6-10-16-23/h5-11,13-17,20-21,24-25,28H,12,18-19H2,1-4H3/b17-11+. The highest BCUT2D eigenvalue weighted by Gasteiger charge is 2.32. The summed E-state index contributed by atoms with van der Waals surface area (Å²) in [5.41, 5.74) is 2.17. The molecule has 0 fully saturated rings. The highest BCUT2D eigenvalue weighted by molar-refractivity contribution is 5.80. The highest BCUT2D eigenvalue weighted by Crippen LogP contribution is 2.23. The van der Waals surface area contributed by atoms with Crippen LogP contribution < -0.4 is 0 Å². The Morgan fingerprint density at radius 3 is 1.79 bits per heavy atom. The van der Waals surface area contributed by atoms with Crippen molar-refractivity contribution >= 4 is 5.91 Å². The second-order valence-electron chi connectivity index (χ2n) is 8.48. The van der Waals surface area contributed by atoms with Gasteiger partial charge in [0.25, 0.3) is 0 Å². The molecule has 0 spiro atoms. The van der Waals surface area contributed by atoms with Crippen molar-refractivity contribution in [2.45, 2.75) is 53.3 Å². The van der Waals surface area contributed by atoms with Crippen molar-refractivity contribution in [2.75, 3.05) is 0 Å². The summed E-state index contributed by atoms with van der Waals surface area (Å²) >= 11 is 0. The first-order valence-corrected chi connectivity index (χ1v) is 10.6. The third-order valence-electron chi connectivity index (χ3n) is 5.06. The van der Waals surface area contributed by atoms with Crippen LogP contribution in [0.4, 0.5) is 0 Å². The van der Waals surface area contributed by atoms with Gasteiger partial charge in [-0.1, -0.05) is 101 Å². The first-order chi connectivity index (χ1) is 13.9. The molecule has 0 radical (unpaired) electrons. The molecule has 0 heterocycles. The molecule has 0 aliphatic carbocycles. The number of carbonyl (C=O) groups excluding carboxylic acids is 1. The fourth-order valence-electron chi connectivity index (χ4n) is 3.47. The van der Waals surface area contributed by atoms with Gasteiger partial charge in [-0.2, -0.15) is 0 Å². The lowest BCUT2D eigenvalue weighted by atomic mass is 9.88. The molecule has 29 heavy (non-hydrogen) atoms. The second-order valence-corrected chi connectivity index (χ2v) is 8.48. The minimum absolute atomic E-state index is 0.00518. The number of rotatable bonds is 10. The van der Waals surface area contributed by atoms with Crippen LogP contribution in [-0.4, -0.2) is 22.0 Å². The molecule has 0 saturated heterocycles. The van der Waals surface area contributed by atoms with Gasteiger partial charge in [0.05, 0.1) is 12.0 Å². The molecule has 156 valence electrons. The average Bonchev–Trinajstić information content (AvgIpc) is 2.68. The summed E-state index contributed by atoms with van der Waals surface area (Å²) in [5.74, 6) is 0.0924. The molecule has 0 aliphatic rings. The van der Waals surface area contributed by atoms with Crippen LogP contribution in [0.25, 0.3) is 0 Å². The van der Waals surface area contributed by atoms with E-state index in [-0.39, 0.29) is 11.8 Å². The molecule has 1 N–H and O–H groups in total. The zero-order valence-corrected chi connectivity index (χ0v) is 18.2. The van der Waals surface area contributed by atoms with Crippen molar-refractivity contribution in [3.8, 4) is 0 Å². The van der Waals surface area contributed by atoms with E-state index in [4.69, 9.17) is 0 Å². The Bertz CT molecular complexity index is 711. The Balaban J connectivity index is 2.25. The fraction of sp³-hybridized carbons (Fsp3) is 0.423. The first kappa shape index (κ1) is 22.9. The molecule has 2 aromatic carbocycles. The molecular formula is C26H35NO2. The van der Waals surface area contributed by atoms with Crippen molar-refractivity contribution in [1.29, 1.82) is 0 Å². The SMILES string of the molecule is CC(C)C/C=C/C(O)C(C(=O)N(Cc1ccccc1)Cc1ccccc1)C(C)C. The van der Waals surface area contributed by atoms with E-state index in [9.17, 15) is 9.90 Å². The molecule has 1 amide bonds. The van der Waals surface area contributed by atoms with Crippen LogP contribution in [0.1, 0.15) is 45.2 Å². The second kappa shape index (κ2) is 11.6. The Kier molecular flexibility index (Phi) is 9.14. The predicted octanol–water partition coefficient (Wildman–Crippen LogP) is 5.45. The van der Waals surface area contributed by atoms with Gasteiger partial charge in [-0.05, 0) is 29.4 Å². The van der Waals surface area contributed by atoms with Crippen LogP contribution >= 0.6 is 0 Å². The van der Waals surface area contributed by atoms with E-state index in [0.29, 0.717) is 19.0 Å². The van der Waals surface area contributed by atoms with Crippen molar-refractivity contribution in [3.05, 3.63) is 83.9 Å². The van der Waals surface area contributed by atoms with E-state index in [0.717, 1.165) is 17.5 Å². The van der Waals surface area contributed by atoms with E-state index >= 15 is 0 Å². The molecule has 0 aliphatic heterocycles. The number of carbonyl (C=O) groups is 1. The number of nitrogens with zero attached hydrogens (tertiary/aromatic N) is 1. The number of aliphatic hydroxyl groups excluding tert-OH is 1. The van der Waals surface area contributed by atoms with Crippen LogP contribution in [0.15, 0.2) is 72.8 Å². The van der Waals surface area contributed by atoms with Crippen molar-refractivity contribution < 1.29 is 9.90 Å². The molecule has 2 unspecified atom stereocenters. The van der Waals surface area contributed by atoms with E-state index in [2.05, 4.69) is 13.8 Å². The predicted molar refractivity (Wildman–Crippen MR) is 120 cm³/mol. The van der Waals surface area contributed by atoms with Crippen LogP contribution in [0, 0.1) is 17.8 Å². The number of allylic oxidation sites excluding steroid dienone is 1. The maximum atomic E-state index is 13.6. The average molecular weight is 394 g/mol. The molecule has 2 rings (SSSR count). The van der Waals surface area contributed by atoms with Crippen molar-refractivity contribution in [3.63, 3.8) is 0 Å². The van der Waals surface area contributed by atoms with Gasteiger partial charge in [0.15, 0.2) is 0 Å². The lowest BCUT2D eigenvalue weighted by molar-refractivity contribution is -0.141. The van der Waals surface area contributed by atoms with E-state index in [1.165, 1.54) is 0 Å². The number of hydrogen-bond acceptors (Lipinski definition) is 2. The smallest absolute Gasteiger partial charge is 0.229 e. The molecule has 0 saturated carbocycles. The monoisotopic (exact) mass is 393 g/mol. The molecular weight excluding hydrogens is 358 g/mol. The van der Waals surface area contributed by atoms with Crippen LogP contribution in [0.2, 0.25) is 0 Å². The summed E-state index contributed by atoms with van der Waals surface area (Å²) in [6.45, 7) is 9.35. The number of benzene rings is 2. The minimum atomic E-state index is -0.782. The van der Waals surface area contributed by atoms with Gasteiger partial charge in [-0.3, -0.25) is 4.79 Å².